The van der Waals surface area contributed by atoms with Gasteiger partial charge in [-0.1, -0.05) is 170 Å². The Hall–Kier alpha value is -12.3. The Morgan fingerprint density at radius 2 is 0.411 bits per heavy atom. The maximum atomic E-state index is 15.4. The van der Waals surface area contributed by atoms with Crippen LogP contribution in [0.15, 0.2) is 218 Å². The van der Waals surface area contributed by atoms with Gasteiger partial charge in [0.25, 0.3) is 47.3 Å². The largest absolute Gasteiger partial charge is 0.457 e. The van der Waals surface area contributed by atoms with Crippen molar-refractivity contribution >= 4 is 71.1 Å². The number of carbonyl (C=O) groups is 12. The molecule has 640 valence electrons. The molecule has 8 bridgehead atoms. The fourth-order valence-electron chi connectivity index (χ4n) is 17.6. The molecule has 8 amide bonds. The lowest BCUT2D eigenvalue weighted by Gasteiger charge is -2.51. The van der Waals surface area contributed by atoms with E-state index in [1.807, 2.05) is 0 Å². The summed E-state index contributed by atoms with van der Waals surface area (Å²) < 4.78 is 111. The summed E-state index contributed by atoms with van der Waals surface area (Å²) in [5.41, 5.74) is 1.64. The second-order valence-electron chi connectivity index (χ2n) is 30.9. The first kappa shape index (κ1) is 84.0. The molecule has 5 fully saturated rings. The summed E-state index contributed by atoms with van der Waals surface area (Å²) in [5, 5.41) is 0. The predicted molar refractivity (Wildman–Crippen MR) is 424 cm³/mol. The minimum absolute atomic E-state index is 0.0681. The second-order valence-corrected chi connectivity index (χ2v) is 30.9. The van der Waals surface area contributed by atoms with Gasteiger partial charge in [0, 0.05) is 27.7 Å². The summed E-state index contributed by atoms with van der Waals surface area (Å²) in [7, 11) is 0. The van der Waals surface area contributed by atoms with Crippen LogP contribution in [0.4, 0.5) is 0 Å². The zero-order valence-electron chi connectivity index (χ0n) is 67.2. The molecular weight excluding hydrogens is 1610 g/mol. The highest BCUT2D eigenvalue weighted by atomic mass is 16.8. The summed E-state index contributed by atoms with van der Waals surface area (Å²) >= 11 is 0. The van der Waals surface area contributed by atoms with E-state index in [2.05, 4.69) is 0 Å². The molecule has 8 aromatic carbocycles. The lowest BCUT2D eigenvalue weighted by molar-refractivity contribution is -0.347. The molecule has 9 heterocycles. The van der Waals surface area contributed by atoms with Crippen molar-refractivity contribution in [3.8, 4) is 0 Å². The Balaban J connectivity index is 0.874. The molecule has 0 aromatic heterocycles. The molecule has 17 rings (SSSR count). The monoisotopic (exact) mass is 1690 g/mol. The average molecular weight is 1690 g/mol. The van der Waals surface area contributed by atoms with Crippen molar-refractivity contribution in [2.24, 2.45) is 0 Å². The summed E-state index contributed by atoms with van der Waals surface area (Å²) in [4.78, 5) is 184. The van der Waals surface area contributed by atoms with Crippen LogP contribution in [0, 0.1) is 0 Å². The zero-order chi connectivity index (χ0) is 86.1. The molecule has 0 N–H and O–H groups in total. The van der Waals surface area contributed by atoms with Crippen molar-refractivity contribution in [2.45, 2.75) is 177 Å². The minimum atomic E-state index is -2.05. The third-order valence-electron chi connectivity index (χ3n) is 23.0. The third-order valence-corrected chi connectivity index (χ3v) is 23.0. The Kier molecular flexibility index (Phi) is 24.6. The predicted octanol–water partition coefficient (Wildman–Crippen LogP) is 7.69. The van der Waals surface area contributed by atoms with E-state index in [0.29, 0.717) is 22.3 Å². The molecule has 124 heavy (non-hydrogen) atoms. The van der Waals surface area contributed by atoms with Crippen molar-refractivity contribution in [1.29, 1.82) is 0 Å². The van der Waals surface area contributed by atoms with Gasteiger partial charge in [-0.15, -0.1) is 0 Å². The number of fused-ring (bicyclic) bond motifs is 12. The van der Waals surface area contributed by atoms with Crippen LogP contribution in [0.3, 0.4) is 0 Å². The van der Waals surface area contributed by atoms with Crippen LogP contribution in [0.5, 0.6) is 0 Å². The highest BCUT2D eigenvalue weighted by molar-refractivity contribution is 6.24. The van der Waals surface area contributed by atoms with Crippen molar-refractivity contribution < 1.29 is 133 Å². The van der Waals surface area contributed by atoms with E-state index >= 15 is 38.4 Å². The van der Waals surface area contributed by atoms with Crippen LogP contribution in [-0.4, -0.2) is 240 Å². The van der Waals surface area contributed by atoms with Gasteiger partial charge in [0.1, 0.15) is 73.0 Å². The van der Waals surface area contributed by atoms with Gasteiger partial charge in [-0.3, -0.25) is 77.1 Å². The van der Waals surface area contributed by atoms with E-state index in [1.54, 1.807) is 170 Å². The third kappa shape index (κ3) is 16.6. The molecule has 32 nitrogen and oxygen atoms in total. The van der Waals surface area contributed by atoms with Gasteiger partial charge in [-0.05, 0) is 70.8 Å². The van der Waals surface area contributed by atoms with Gasteiger partial charge >= 0.3 is 23.9 Å². The molecule has 0 radical (unpaired) electrons. The van der Waals surface area contributed by atoms with Gasteiger partial charge in [0.05, 0.1) is 97.4 Å². The first-order valence-corrected chi connectivity index (χ1v) is 40.4. The number of benzene rings is 8. The highest BCUT2D eigenvalue weighted by Gasteiger charge is 2.64. The topological polar surface area (TPSA) is 365 Å². The zero-order valence-corrected chi connectivity index (χ0v) is 67.2. The van der Waals surface area contributed by atoms with Gasteiger partial charge in [-0.25, -0.2) is 0 Å². The first-order chi connectivity index (χ1) is 60.2. The molecule has 8 aromatic rings. The average Bonchev–Trinajstić information content (AvgIpc) is 1.39. The summed E-state index contributed by atoms with van der Waals surface area (Å²) in [5.74, 6) is -11.1. The van der Waals surface area contributed by atoms with Crippen LogP contribution < -0.4 is 0 Å². The molecule has 32 heteroatoms. The standard InChI is InChI=1S/C92H84N4O28/c1-49(97)117-77-69(93-81(101)57-33-17-18-34-58(57)82(93)102)89-113-46-66-74(110-42-54-27-11-6-12-28-54)79(119-51(3)99)71(95-85(105)61-37-21-22-38-62(61)86(95)106)91(122-66)115-48-68-76(112-44-56-31-15-8-16-32-56)80(120-52(4)100)72(96-87(107)63-39-23-24-40-64(63)88(96)108)92(124-68)116-47-67-75(111-43-55-29-13-7-14-30-55)78(118-50(2)98)70(94-83(103)59-35-19-20-36-60(59)84(94)104)90(123-67)114-45-65(121-89)73(77)109-41-53-25-9-5-10-26-53/h5-40,65-80,89-92H,41-48H2,1-4H3/t65-,66-,67-,68-,69-,70-,71-,72-,73-,74-,75-,76-,77-,78-,79-,80-,89-,90-,91-,92-/m1/s1. The van der Waals surface area contributed by atoms with Crippen LogP contribution >= 0.6 is 0 Å². The molecule has 0 unspecified atom stereocenters. The Morgan fingerprint density at radius 1 is 0.250 bits per heavy atom. The van der Waals surface area contributed by atoms with Crippen LogP contribution in [-0.2, 0) is 121 Å². The van der Waals surface area contributed by atoms with E-state index in [4.69, 9.17) is 75.8 Å². The Morgan fingerprint density at radius 3 is 0.573 bits per heavy atom. The van der Waals surface area contributed by atoms with Crippen molar-refractivity contribution in [3.05, 3.63) is 285 Å². The number of rotatable bonds is 20. The number of imide groups is 4. The van der Waals surface area contributed by atoms with Crippen molar-refractivity contribution in [1.82, 2.24) is 19.6 Å². The summed E-state index contributed by atoms with van der Waals surface area (Å²) in [6.45, 7) is -0.319. The molecular formula is C92H84N4O28. The van der Waals surface area contributed by atoms with E-state index in [1.165, 1.54) is 48.5 Å². The maximum Gasteiger partial charge on any atom is 0.303 e. The normalized spacial score (nSPS) is 29.2. The van der Waals surface area contributed by atoms with Gasteiger partial charge in [-0.2, -0.15) is 0 Å². The van der Waals surface area contributed by atoms with E-state index in [-0.39, 0.29) is 70.9 Å². The van der Waals surface area contributed by atoms with Gasteiger partial charge in [0.2, 0.25) is 0 Å². The number of hydrogen-bond acceptors (Lipinski definition) is 28. The summed E-state index contributed by atoms with van der Waals surface area (Å²) in [6.07, 6.45) is -29.1. The number of carbonyl (C=O) groups excluding carboxylic acids is 12. The molecule has 0 aliphatic carbocycles. The fraction of sp³-hybridized carbons (Fsp3) is 0.348. The molecule has 0 saturated carbocycles. The highest BCUT2D eigenvalue weighted by Crippen LogP contribution is 2.44. The Labute approximate surface area is 709 Å². The quantitative estimate of drug-likeness (QED) is 0.0400. The SMILES string of the molecule is CC(=O)O[C@H]1[C@H](OCc2ccccc2)[C@H]2CO[C@@H]3O[C@H](CO[C@@H]4O[C@H](CO[C@@H]5O[C@H](CO[C@H](O2)[C@@H]1N1C(=O)c2ccccc2C1=O)[C@@H](OCc1ccccc1)[C@H](OC(C)=O)[C@H]5N1C(=O)c2ccccc2C1=O)[C@@H](OCc1ccccc1)[C@H](OC(C)=O)[C@H]4N1C(=O)c2ccccc2C1=O)[C@@H](OCc1ccccc1)[C@H](OC(C)=O)[C@H]3N1C(=O)c2ccccc2C1=O. The van der Waals surface area contributed by atoms with Crippen LogP contribution in [0.25, 0.3) is 0 Å². The van der Waals surface area contributed by atoms with E-state index in [9.17, 15) is 19.2 Å². The molecule has 0 spiro atoms. The fourth-order valence-corrected chi connectivity index (χ4v) is 17.6. The van der Waals surface area contributed by atoms with E-state index in [0.717, 1.165) is 47.3 Å². The van der Waals surface area contributed by atoms with Crippen molar-refractivity contribution in [2.75, 3.05) is 26.4 Å². The van der Waals surface area contributed by atoms with Gasteiger partial charge in [0.15, 0.2) is 49.6 Å². The molecule has 5 saturated heterocycles. The summed E-state index contributed by atoms with van der Waals surface area (Å²) in [6, 6.07) is 51.0. The smallest absolute Gasteiger partial charge is 0.303 e. The van der Waals surface area contributed by atoms with Crippen LogP contribution in [0.2, 0.25) is 0 Å². The second kappa shape index (κ2) is 36.3. The number of nitrogens with zero attached hydrogens (tertiary/aromatic N) is 4. The first-order valence-electron chi connectivity index (χ1n) is 40.4. The van der Waals surface area contributed by atoms with Gasteiger partial charge < -0.3 is 75.8 Å². The Bertz CT molecular complexity index is 4610. The molecule has 9 aliphatic rings. The maximum absolute atomic E-state index is 15.4. The minimum Gasteiger partial charge on any atom is -0.457 e. The van der Waals surface area contributed by atoms with Crippen molar-refractivity contribution in [3.63, 3.8) is 0 Å². The number of amides is 8. The molecule has 9 aliphatic heterocycles. The van der Waals surface area contributed by atoms with Crippen LogP contribution in [0.1, 0.15) is 133 Å². The lowest BCUT2D eigenvalue weighted by atomic mass is 9.93. The number of ether oxygens (including phenoxy) is 16. The lowest BCUT2D eigenvalue weighted by Crippen LogP contribution is -2.70. The number of hydrogen-bond donors (Lipinski definition) is 0. The number of esters is 4. The molecule has 20 atom stereocenters. The van der Waals surface area contributed by atoms with E-state index < -0.39 is 220 Å².